The predicted molar refractivity (Wildman–Crippen MR) is 80.9 cm³/mol. The molecule has 0 fully saturated rings. The summed E-state index contributed by atoms with van der Waals surface area (Å²) in [5, 5.41) is 13.5. The van der Waals surface area contributed by atoms with Crippen LogP contribution in [-0.2, 0) is 0 Å². The smallest absolute Gasteiger partial charge is 0.124 e. The van der Waals surface area contributed by atoms with E-state index in [1.165, 1.54) is 5.56 Å². The van der Waals surface area contributed by atoms with E-state index < -0.39 is 0 Å². The van der Waals surface area contributed by atoms with Crippen molar-refractivity contribution in [1.82, 2.24) is 5.32 Å². The van der Waals surface area contributed by atoms with Crippen LogP contribution in [0, 0.1) is 0 Å². The minimum absolute atomic E-state index is 0.212. The third kappa shape index (κ3) is 3.65. The number of hydrogen-bond donors (Lipinski definition) is 2. The van der Waals surface area contributed by atoms with Crippen LogP contribution in [0.1, 0.15) is 31.9 Å². The van der Waals surface area contributed by atoms with E-state index >= 15 is 0 Å². The van der Waals surface area contributed by atoms with Crippen molar-refractivity contribution in [3.63, 3.8) is 0 Å². The van der Waals surface area contributed by atoms with Gasteiger partial charge in [-0.3, -0.25) is 0 Å². The molecule has 1 aromatic carbocycles. The third-order valence-corrected chi connectivity index (χ3v) is 4.68. The Morgan fingerprint density at radius 3 is 3.00 bits per heavy atom. The minimum atomic E-state index is 0.212. The molecular formula is C15H23NO2S. The summed E-state index contributed by atoms with van der Waals surface area (Å²) >= 11 is 1.81. The van der Waals surface area contributed by atoms with Crippen LogP contribution in [0.4, 0.5) is 0 Å². The van der Waals surface area contributed by atoms with Crippen molar-refractivity contribution in [2.75, 3.05) is 19.8 Å². The number of fused-ring (bicyclic) bond motifs is 1. The second kappa shape index (κ2) is 7.17. The van der Waals surface area contributed by atoms with Gasteiger partial charge in [0.25, 0.3) is 0 Å². The molecule has 0 aromatic heterocycles. The molecule has 0 spiro atoms. The number of para-hydroxylation sites is 1. The predicted octanol–water partition coefficient (Wildman–Crippen LogP) is 2.60. The highest BCUT2D eigenvalue weighted by Crippen LogP contribution is 2.38. The van der Waals surface area contributed by atoms with E-state index in [9.17, 15) is 5.11 Å². The molecular weight excluding hydrogens is 258 g/mol. The summed E-state index contributed by atoms with van der Waals surface area (Å²) in [4.78, 5) is 0. The maximum atomic E-state index is 9.24. The second-order valence-corrected chi connectivity index (χ2v) is 6.63. The van der Waals surface area contributed by atoms with Crippen LogP contribution < -0.4 is 10.1 Å². The van der Waals surface area contributed by atoms with Crippen LogP contribution in [0.3, 0.4) is 0 Å². The molecule has 2 rings (SSSR count). The molecule has 106 valence electrons. The highest BCUT2D eigenvalue weighted by atomic mass is 32.2. The molecule has 0 amide bonds. The number of hydrogen-bond acceptors (Lipinski definition) is 4. The van der Waals surface area contributed by atoms with Crippen molar-refractivity contribution >= 4 is 11.8 Å². The Kier molecular flexibility index (Phi) is 5.55. The average molecular weight is 281 g/mol. The number of nitrogens with one attached hydrogen (secondary N) is 1. The van der Waals surface area contributed by atoms with E-state index in [0.717, 1.165) is 18.7 Å². The zero-order valence-corrected chi connectivity index (χ0v) is 12.5. The van der Waals surface area contributed by atoms with Gasteiger partial charge in [0.2, 0.25) is 0 Å². The van der Waals surface area contributed by atoms with Crippen LogP contribution >= 0.6 is 11.8 Å². The zero-order chi connectivity index (χ0) is 13.7. The fourth-order valence-electron chi connectivity index (χ4n) is 2.34. The molecule has 3 atom stereocenters. The Bertz CT molecular complexity index is 399. The molecule has 0 saturated carbocycles. The summed E-state index contributed by atoms with van der Waals surface area (Å²) in [6, 6.07) is 8.56. The Morgan fingerprint density at radius 2 is 2.26 bits per heavy atom. The molecule has 0 radical (unpaired) electrons. The minimum Gasteiger partial charge on any atom is -0.492 e. The van der Waals surface area contributed by atoms with Crippen LogP contribution in [0.2, 0.25) is 0 Å². The lowest BCUT2D eigenvalue weighted by molar-refractivity contribution is 0.258. The third-order valence-electron chi connectivity index (χ3n) is 3.31. The van der Waals surface area contributed by atoms with Gasteiger partial charge in [0.05, 0.1) is 17.9 Å². The van der Waals surface area contributed by atoms with Crippen molar-refractivity contribution in [3.05, 3.63) is 29.8 Å². The summed E-state index contributed by atoms with van der Waals surface area (Å²) in [6.45, 7) is 6.15. The molecule has 1 heterocycles. The summed E-state index contributed by atoms with van der Waals surface area (Å²) in [7, 11) is 0. The Labute approximate surface area is 119 Å². The van der Waals surface area contributed by atoms with Gasteiger partial charge in [0, 0.05) is 10.8 Å². The zero-order valence-electron chi connectivity index (χ0n) is 11.6. The molecule has 1 aliphatic rings. The van der Waals surface area contributed by atoms with Crippen molar-refractivity contribution < 1.29 is 9.84 Å². The molecule has 2 N–H and O–H groups in total. The normalized spacial score (nSPS) is 23.5. The van der Waals surface area contributed by atoms with Crippen LogP contribution in [0.5, 0.6) is 5.75 Å². The summed E-state index contributed by atoms with van der Waals surface area (Å²) in [6.07, 6.45) is 1.12. The van der Waals surface area contributed by atoms with Gasteiger partial charge in [-0.25, -0.2) is 0 Å². The molecule has 19 heavy (non-hydrogen) atoms. The largest absolute Gasteiger partial charge is 0.492 e. The van der Waals surface area contributed by atoms with Crippen molar-refractivity contribution in [2.24, 2.45) is 0 Å². The maximum absolute atomic E-state index is 9.24. The standard InChI is InChI=1S/C15H23NO2S/c1-3-8-16-15-12-6-4-5-7-13(12)18-10-14(15)19-11(2)9-17/h4-7,11,14-17H,3,8-10H2,1-2H3. The fraction of sp³-hybridized carbons (Fsp3) is 0.600. The SMILES string of the molecule is CCCNC1c2ccccc2OCC1SC(C)CO. The fourth-order valence-corrected chi connectivity index (χ4v) is 3.57. The van der Waals surface area contributed by atoms with E-state index in [4.69, 9.17) is 4.74 Å². The van der Waals surface area contributed by atoms with E-state index in [-0.39, 0.29) is 11.9 Å². The first-order valence-electron chi connectivity index (χ1n) is 6.97. The summed E-state index contributed by atoms with van der Waals surface area (Å²) in [5.74, 6) is 0.990. The lowest BCUT2D eigenvalue weighted by Gasteiger charge is -2.35. The highest BCUT2D eigenvalue weighted by Gasteiger charge is 2.31. The van der Waals surface area contributed by atoms with Gasteiger partial charge in [-0.05, 0) is 19.0 Å². The lowest BCUT2D eigenvalue weighted by Crippen LogP contribution is -2.39. The van der Waals surface area contributed by atoms with Crippen LogP contribution in [0.25, 0.3) is 0 Å². The summed E-state index contributed by atoms with van der Waals surface area (Å²) < 4.78 is 5.85. The van der Waals surface area contributed by atoms with Crippen molar-refractivity contribution in [3.8, 4) is 5.75 Å². The molecule has 0 bridgehead atoms. The first kappa shape index (κ1) is 14.7. The lowest BCUT2D eigenvalue weighted by atomic mass is 10.00. The van der Waals surface area contributed by atoms with E-state index in [1.807, 2.05) is 12.1 Å². The Hall–Kier alpha value is -0.710. The number of aliphatic hydroxyl groups excluding tert-OH is 1. The van der Waals surface area contributed by atoms with Gasteiger partial charge >= 0.3 is 0 Å². The van der Waals surface area contributed by atoms with Gasteiger partial charge in [0.1, 0.15) is 12.4 Å². The molecule has 3 nitrogen and oxygen atoms in total. The van der Waals surface area contributed by atoms with Gasteiger partial charge in [0.15, 0.2) is 0 Å². The van der Waals surface area contributed by atoms with Gasteiger partial charge in [-0.1, -0.05) is 32.0 Å². The van der Waals surface area contributed by atoms with Gasteiger partial charge < -0.3 is 15.2 Å². The monoisotopic (exact) mass is 281 g/mol. The number of ether oxygens (including phenoxy) is 1. The van der Waals surface area contributed by atoms with E-state index in [0.29, 0.717) is 17.9 Å². The topological polar surface area (TPSA) is 41.5 Å². The molecule has 0 aliphatic carbocycles. The van der Waals surface area contributed by atoms with Crippen LogP contribution in [-0.4, -0.2) is 35.4 Å². The van der Waals surface area contributed by atoms with Crippen molar-refractivity contribution in [1.29, 1.82) is 0 Å². The van der Waals surface area contributed by atoms with Gasteiger partial charge in [-0.15, -0.1) is 11.8 Å². The number of aliphatic hydroxyl groups is 1. The number of benzene rings is 1. The molecule has 3 unspecified atom stereocenters. The van der Waals surface area contributed by atoms with E-state index in [1.54, 1.807) is 11.8 Å². The summed E-state index contributed by atoms with van der Waals surface area (Å²) in [5.41, 5.74) is 1.24. The second-order valence-electron chi connectivity index (χ2n) is 4.95. The van der Waals surface area contributed by atoms with Crippen LogP contribution in [0.15, 0.2) is 24.3 Å². The Balaban J connectivity index is 2.16. The first-order chi connectivity index (χ1) is 9.26. The maximum Gasteiger partial charge on any atom is 0.124 e. The van der Waals surface area contributed by atoms with Gasteiger partial charge in [-0.2, -0.15) is 0 Å². The number of rotatable bonds is 6. The molecule has 1 aliphatic heterocycles. The van der Waals surface area contributed by atoms with Crippen molar-refractivity contribution in [2.45, 2.75) is 36.8 Å². The quantitative estimate of drug-likeness (QED) is 0.841. The molecule has 4 heteroatoms. The van der Waals surface area contributed by atoms with E-state index in [2.05, 4.69) is 31.3 Å². The molecule has 0 saturated heterocycles. The Morgan fingerprint density at radius 1 is 1.47 bits per heavy atom. The number of thioether (sulfide) groups is 1. The average Bonchev–Trinajstić information content (AvgIpc) is 2.45. The highest BCUT2D eigenvalue weighted by molar-refractivity contribution is 8.00. The first-order valence-corrected chi connectivity index (χ1v) is 7.92. The molecule has 1 aromatic rings.